The maximum absolute atomic E-state index is 5.38. The van der Waals surface area contributed by atoms with Gasteiger partial charge >= 0.3 is 0 Å². The molecule has 2 aromatic heterocycles. The molecule has 23 heavy (non-hydrogen) atoms. The molecule has 3 heterocycles. The molecule has 0 aliphatic carbocycles. The number of ether oxygens (including phenoxy) is 1. The van der Waals surface area contributed by atoms with E-state index in [0.717, 1.165) is 46.6 Å². The van der Waals surface area contributed by atoms with Gasteiger partial charge in [0.15, 0.2) is 5.82 Å². The van der Waals surface area contributed by atoms with Gasteiger partial charge in [0, 0.05) is 25.5 Å². The fourth-order valence-corrected chi connectivity index (χ4v) is 3.73. The standard InChI is InChI=1S/C18H22N4O/c1-12-5-4-8-22(10-12)18-17-16(19-11-20-18)14-9-13(23-3)6-7-15(14)21(17)2/h6-7,9,11-12H,4-5,8,10H2,1-3H3/t12-/m0/s1. The van der Waals surface area contributed by atoms with E-state index in [4.69, 9.17) is 4.74 Å². The fourth-order valence-electron chi connectivity index (χ4n) is 3.73. The van der Waals surface area contributed by atoms with Gasteiger partial charge < -0.3 is 14.2 Å². The smallest absolute Gasteiger partial charge is 0.156 e. The van der Waals surface area contributed by atoms with Crippen LogP contribution in [-0.4, -0.2) is 34.7 Å². The summed E-state index contributed by atoms with van der Waals surface area (Å²) in [5, 5.41) is 1.12. The van der Waals surface area contributed by atoms with Crippen LogP contribution in [0.4, 0.5) is 5.82 Å². The Balaban J connectivity index is 1.96. The van der Waals surface area contributed by atoms with E-state index in [9.17, 15) is 0 Å². The average Bonchev–Trinajstić information content (AvgIpc) is 2.87. The largest absolute Gasteiger partial charge is 0.497 e. The summed E-state index contributed by atoms with van der Waals surface area (Å²) in [6.45, 7) is 4.45. The number of methoxy groups -OCH3 is 1. The van der Waals surface area contributed by atoms with Crippen molar-refractivity contribution < 1.29 is 4.74 Å². The summed E-state index contributed by atoms with van der Waals surface area (Å²) in [6, 6.07) is 6.16. The molecule has 5 heteroatoms. The van der Waals surface area contributed by atoms with Gasteiger partial charge in [-0.15, -0.1) is 0 Å². The van der Waals surface area contributed by atoms with E-state index < -0.39 is 0 Å². The van der Waals surface area contributed by atoms with Crippen LogP contribution in [0.3, 0.4) is 0 Å². The highest BCUT2D eigenvalue weighted by Crippen LogP contribution is 2.34. The van der Waals surface area contributed by atoms with E-state index in [1.165, 1.54) is 12.8 Å². The van der Waals surface area contributed by atoms with Gasteiger partial charge in [0.05, 0.1) is 12.6 Å². The van der Waals surface area contributed by atoms with E-state index in [1.807, 2.05) is 6.07 Å². The Morgan fingerprint density at radius 2 is 2.13 bits per heavy atom. The predicted octanol–water partition coefficient (Wildman–Crippen LogP) is 3.37. The molecule has 1 saturated heterocycles. The van der Waals surface area contributed by atoms with Crippen LogP contribution in [0, 0.1) is 5.92 Å². The fraction of sp³-hybridized carbons (Fsp3) is 0.444. The Labute approximate surface area is 135 Å². The van der Waals surface area contributed by atoms with Crippen molar-refractivity contribution in [1.29, 1.82) is 0 Å². The third-order valence-corrected chi connectivity index (χ3v) is 4.92. The second-order valence-corrected chi connectivity index (χ2v) is 6.53. The van der Waals surface area contributed by atoms with Crippen LogP contribution in [0.5, 0.6) is 5.75 Å². The third kappa shape index (κ3) is 2.22. The topological polar surface area (TPSA) is 43.2 Å². The zero-order chi connectivity index (χ0) is 16.0. The minimum absolute atomic E-state index is 0.712. The average molecular weight is 310 g/mol. The molecule has 0 bridgehead atoms. The molecule has 0 N–H and O–H groups in total. The summed E-state index contributed by atoms with van der Waals surface area (Å²) in [7, 11) is 3.79. The van der Waals surface area contributed by atoms with Gasteiger partial charge in [-0.1, -0.05) is 6.92 Å². The molecule has 1 aliphatic heterocycles. The van der Waals surface area contributed by atoms with Crippen molar-refractivity contribution in [1.82, 2.24) is 14.5 Å². The zero-order valence-electron chi connectivity index (χ0n) is 13.9. The summed E-state index contributed by atoms with van der Waals surface area (Å²) in [6.07, 6.45) is 4.22. The van der Waals surface area contributed by atoms with E-state index in [1.54, 1.807) is 13.4 Å². The van der Waals surface area contributed by atoms with Gasteiger partial charge in [0.2, 0.25) is 0 Å². The first-order chi connectivity index (χ1) is 11.2. The Morgan fingerprint density at radius 3 is 2.91 bits per heavy atom. The van der Waals surface area contributed by atoms with Crippen molar-refractivity contribution in [2.45, 2.75) is 19.8 Å². The van der Waals surface area contributed by atoms with Gasteiger partial charge in [-0.2, -0.15) is 0 Å². The Hall–Kier alpha value is -2.30. The molecule has 5 nitrogen and oxygen atoms in total. The van der Waals surface area contributed by atoms with Gasteiger partial charge in [0.1, 0.15) is 23.1 Å². The summed E-state index contributed by atoms with van der Waals surface area (Å²) in [4.78, 5) is 11.6. The van der Waals surface area contributed by atoms with Crippen molar-refractivity contribution >= 4 is 27.8 Å². The normalized spacial score (nSPS) is 18.7. The molecule has 0 amide bonds. The number of anilines is 1. The highest BCUT2D eigenvalue weighted by molar-refractivity contribution is 6.09. The van der Waals surface area contributed by atoms with Crippen molar-refractivity contribution in [2.75, 3.05) is 25.1 Å². The number of nitrogens with zero attached hydrogens (tertiary/aromatic N) is 4. The summed E-state index contributed by atoms with van der Waals surface area (Å²) in [5.74, 6) is 2.62. The second-order valence-electron chi connectivity index (χ2n) is 6.53. The maximum Gasteiger partial charge on any atom is 0.156 e. The summed E-state index contributed by atoms with van der Waals surface area (Å²) < 4.78 is 7.59. The molecule has 0 unspecified atom stereocenters. The van der Waals surface area contributed by atoms with Crippen LogP contribution in [0.2, 0.25) is 0 Å². The first kappa shape index (κ1) is 14.3. The lowest BCUT2D eigenvalue weighted by molar-refractivity contribution is 0.415. The van der Waals surface area contributed by atoms with Crippen LogP contribution in [0.15, 0.2) is 24.5 Å². The Kier molecular flexibility index (Phi) is 3.36. The van der Waals surface area contributed by atoms with Gasteiger partial charge in [-0.25, -0.2) is 9.97 Å². The van der Waals surface area contributed by atoms with Crippen molar-refractivity contribution in [3.05, 3.63) is 24.5 Å². The first-order valence-electron chi connectivity index (χ1n) is 8.21. The molecular weight excluding hydrogens is 288 g/mol. The van der Waals surface area contributed by atoms with E-state index >= 15 is 0 Å². The van der Waals surface area contributed by atoms with Gasteiger partial charge in [-0.05, 0) is 37.0 Å². The van der Waals surface area contributed by atoms with Gasteiger partial charge in [-0.3, -0.25) is 0 Å². The number of hydrogen-bond acceptors (Lipinski definition) is 4. The van der Waals surface area contributed by atoms with Crippen molar-refractivity contribution in [3.63, 3.8) is 0 Å². The second kappa shape index (κ2) is 5.41. The molecule has 0 spiro atoms. The van der Waals surface area contributed by atoms with Crippen molar-refractivity contribution in [3.8, 4) is 5.75 Å². The lowest BCUT2D eigenvalue weighted by Crippen LogP contribution is -2.35. The molecule has 1 fully saturated rings. The lowest BCUT2D eigenvalue weighted by Gasteiger charge is -2.32. The highest BCUT2D eigenvalue weighted by Gasteiger charge is 2.22. The van der Waals surface area contributed by atoms with E-state index in [-0.39, 0.29) is 0 Å². The Morgan fingerprint density at radius 1 is 1.26 bits per heavy atom. The zero-order valence-corrected chi connectivity index (χ0v) is 13.9. The molecule has 4 rings (SSSR count). The van der Waals surface area contributed by atoms with Crippen molar-refractivity contribution in [2.24, 2.45) is 13.0 Å². The number of piperidine rings is 1. The minimum atomic E-state index is 0.712. The maximum atomic E-state index is 5.38. The molecule has 120 valence electrons. The lowest BCUT2D eigenvalue weighted by atomic mass is 10.0. The number of hydrogen-bond donors (Lipinski definition) is 0. The summed E-state index contributed by atoms with van der Waals surface area (Å²) >= 11 is 0. The predicted molar refractivity (Wildman–Crippen MR) is 93.2 cm³/mol. The number of fused-ring (bicyclic) bond motifs is 3. The van der Waals surface area contributed by atoms with E-state index in [2.05, 4.69) is 45.5 Å². The number of rotatable bonds is 2. The minimum Gasteiger partial charge on any atom is -0.497 e. The monoisotopic (exact) mass is 310 g/mol. The quantitative estimate of drug-likeness (QED) is 0.728. The molecule has 1 atom stereocenters. The van der Waals surface area contributed by atoms with E-state index in [0.29, 0.717) is 5.92 Å². The van der Waals surface area contributed by atoms with Crippen LogP contribution in [-0.2, 0) is 7.05 Å². The molecular formula is C18H22N4O. The van der Waals surface area contributed by atoms with Crippen LogP contribution in [0.25, 0.3) is 21.9 Å². The third-order valence-electron chi connectivity index (χ3n) is 4.92. The molecule has 0 radical (unpaired) electrons. The number of benzene rings is 1. The van der Waals surface area contributed by atoms with Gasteiger partial charge in [0.25, 0.3) is 0 Å². The van der Waals surface area contributed by atoms with Crippen LogP contribution in [0.1, 0.15) is 19.8 Å². The SMILES string of the molecule is COc1ccc2c(c1)c1ncnc(N3CCC[C@H](C)C3)c1n2C. The summed E-state index contributed by atoms with van der Waals surface area (Å²) in [5.41, 5.74) is 3.28. The first-order valence-corrected chi connectivity index (χ1v) is 8.21. The molecule has 3 aromatic rings. The Bertz CT molecular complexity index is 870. The number of aromatic nitrogens is 3. The molecule has 1 aromatic carbocycles. The van der Waals surface area contributed by atoms with Crippen LogP contribution < -0.4 is 9.64 Å². The number of aryl methyl sites for hydroxylation is 1. The van der Waals surface area contributed by atoms with Crippen LogP contribution >= 0.6 is 0 Å². The highest BCUT2D eigenvalue weighted by atomic mass is 16.5. The molecule has 1 aliphatic rings. The molecule has 0 saturated carbocycles.